The molecular formula is C23H21ClN4O2S. The van der Waals surface area contributed by atoms with Crippen molar-refractivity contribution in [2.45, 2.75) is 13.5 Å². The van der Waals surface area contributed by atoms with Gasteiger partial charge in [0.1, 0.15) is 4.83 Å². The van der Waals surface area contributed by atoms with E-state index >= 15 is 0 Å². The Morgan fingerprint density at radius 3 is 2.52 bits per heavy atom. The Kier molecular flexibility index (Phi) is 5.80. The van der Waals surface area contributed by atoms with Gasteiger partial charge in [-0.1, -0.05) is 29.8 Å². The highest BCUT2D eigenvalue weighted by Gasteiger charge is 2.17. The standard InChI is InChI=1S/C23H21ClN4O2S/c1-14-18-12-20(21(29)25-17-10-8-15(9-11-17)22(30)27(2)3)31-23(18)28(26-14)13-16-6-4-5-7-19(16)24/h4-12H,13H2,1-3H3,(H,25,29). The van der Waals surface area contributed by atoms with Crippen molar-refractivity contribution in [2.75, 3.05) is 19.4 Å². The summed E-state index contributed by atoms with van der Waals surface area (Å²) < 4.78 is 1.88. The molecule has 0 saturated carbocycles. The van der Waals surface area contributed by atoms with Crippen molar-refractivity contribution >= 4 is 50.7 Å². The number of anilines is 1. The summed E-state index contributed by atoms with van der Waals surface area (Å²) in [5.74, 6) is -0.280. The van der Waals surface area contributed by atoms with Crippen molar-refractivity contribution in [3.8, 4) is 0 Å². The van der Waals surface area contributed by atoms with Crippen molar-refractivity contribution in [3.05, 3.63) is 81.3 Å². The largest absolute Gasteiger partial charge is 0.345 e. The van der Waals surface area contributed by atoms with Crippen LogP contribution in [0.1, 0.15) is 31.3 Å². The summed E-state index contributed by atoms with van der Waals surface area (Å²) in [5.41, 5.74) is 3.04. The van der Waals surface area contributed by atoms with Crippen LogP contribution in [-0.2, 0) is 6.54 Å². The lowest BCUT2D eigenvalue weighted by atomic mass is 10.2. The summed E-state index contributed by atoms with van der Waals surface area (Å²) in [5, 5.41) is 9.15. The molecule has 0 atom stereocenters. The van der Waals surface area contributed by atoms with Crippen molar-refractivity contribution in [1.82, 2.24) is 14.7 Å². The van der Waals surface area contributed by atoms with Gasteiger partial charge in [-0.05, 0) is 48.9 Å². The van der Waals surface area contributed by atoms with Gasteiger partial charge in [0.2, 0.25) is 0 Å². The van der Waals surface area contributed by atoms with Crippen molar-refractivity contribution in [2.24, 2.45) is 0 Å². The predicted molar refractivity (Wildman–Crippen MR) is 125 cm³/mol. The monoisotopic (exact) mass is 452 g/mol. The van der Waals surface area contributed by atoms with E-state index in [0.29, 0.717) is 27.7 Å². The highest BCUT2D eigenvalue weighted by atomic mass is 35.5. The molecule has 0 aliphatic heterocycles. The van der Waals surface area contributed by atoms with Crippen molar-refractivity contribution in [3.63, 3.8) is 0 Å². The lowest BCUT2D eigenvalue weighted by Gasteiger charge is -2.10. The van der Waals surface area contributed by atoms with Gasteiger partial charge in [-0.3, -0.25) is 14.3 Å². The van der Waals surface area contributed by atoms with E-state index in [9.17, 15) is 9.59 Å². The summed E-state index contributed by atoms with van der Waals surface area (Å²) in [6.45, 7) is 2.47. The fraction of sp³-hybridized carbons (Fsp3) is 0.174. The third-order valence-electron chi connectivity index (χ3n) is 4.91. The van der Waals surface area contributed by atoms with Crippen LogP contribution in [0.4, 0.5) is 5.69 Å². The Labute approximate surface area is 189 Å². The van der Waals surface area contributed by atoms with Gasteiger partial charge in [-0.15, -0.1) is 11.3 Å². The Morgan fingerprint density at radius 2 is 1.84 bits per heavy atom. The molecule has 2 amide bonds. The van der Waals surface area contributed by atoms with Crippen LogP contribution < -0.4 is 5.32 Å². The van der Waals surface area contributed by atoms with Crippen LogP contribution >= 0.6 is 22.9 Å². The zero-order valence-corrected chi connectivity index (χ0v) is 18.9. The average Bonchev–Trinajstić information content (AvgIpc) is 3.31. The predicted octanol–water partition coefficient (Wildman–Crippen LogP) is 5.06. The van der Waals surface area contributed by atoms with Gasteiger partial charge in [0, 0.05) is 35.8 Å². The number of benzene rings is 2. The van der Waals surface area contributed by atoms with E-state index in [1.165, 1.54) is 16.2 Å². The van der Waals surface area contributed by atoms with Crippen molar-refractivity contribution in [1.29, 1.82) is 0 Å². The van der Waals surface area contributed by atoms with Crippen LogP contribution in [0.2, 0.25) is 5.02 Å². The first kappa shape index (κ1) is 21.1. The maximum absolute atomic E-state index is 12.8. The van der Waals surface area contributed by atoms with Gasteiger partial charge in [0.25, 0.3) is 11.8 Å². The number of nitrogens with one attached hydrogen (secondary N) is 1. The Balaban J connectivity index is 1.55. The second-order valence-corrected chi connectivity index (χ2v) is 8.83. The molecule has 8 heteroatoms. The van der Waals surface area contributed by atoms with E-state index < -0.39 is 0 Å². The molecule has 4 aromatic rings. The molecule has 0 unspecified atom stereocenters. The van der Waals surface area contributed by atoms with Crippen LogP contribution in [0.3, 0.4) is 0 Å². The molecule has 6 nitrogen and oxygen atoms in total. The molecular weight excluding hydrogens is 432 g/mol. The van der Waals surface area contributed by atoms with Crippen LogP contribution in [0.25, 0.3) is 10.2 Å². The zero-order chi connectivity index (χ0) is 22.1. The summed E-state index contributed by atoms with van der Waals surface area (Å²) in [6.07, 6.45) is 0. The van der Waals surface area contributed by atoms with Gasteiger partial charge in [0.15, 0.2) is 0 Å². The fourth-order valence-corrected chi connectivity index (χ4v) is 4.52. The number of fused-ring (bicyclic) bond motifs is 1. The molecule has 4 rings (SSSR count). The van der Waals surface area contributed by atoms with E-state index in [1.54, 1.807) is 38.4 Å². The van der Waals surface area contributed by atoms with Gasteiger partial charge in [-0.25, -0.2) is 0 Å². The molecule has 0 radical (unpaired) electrons. The van der Waals surface area contributed by atoms with Crippen LogP contribution in [0.5, 0.6) is 0 Å². The first-order chi connectivity index (χ1) is 14.8. The molecule has 0 bridgehead atoms. The van der Waals surface area contributed by atoms with Crippen LogP contribution in [0, 0.1) is 6.92 Å². The van der Waals surface area contributed by atoms with Gasteiger partial charge in [-0.2, -0.15) is 5.10 Å². The maximum atomic E-state index is 12.8. The molecule has 2 aromatic carbocycles. The number of amides is 2. The Hall–Kier alpha value is -3.16. The van der Waals surface area contributed by atoms with Gasteiger partial charge < -0.3 is 10.2 Å². The SMILES string of the molecule is Cc1nn(Cc2ccccc2Cl)c2sc(C(=O)Nc3ccc(C(=O)N(C)C)cc3)cc12. The number of rotatable bonds is 5. The highest BCUT2D eigenvalue weighted by molar-refractivity contribution is 7.20. The number of aromatic nitrogens is 2. The quantitative estimate of drug-likeness (QED) is 0.460. The smallest absolute Gasteiger partial charge is 0.265 e. The molecule has 0 spiro atoms. The number of hydrogen-bond acceptors (Lipinski definition) is 4. The summed E-state index contributed by atoms with van der Waals surface area (Å²) in [7, 11) is 3.41. The van der Waals surface area contributed by atoms with Crippen molar-refractivity contribution < 1.29 is 9.59 Å². The minimum absolute atomic E-state index is 0.0825. The van der Waals surface area contributed by atoms with Gasteiger partial charge in [0.05, 0.1) is 17.1 Å². The van der Waals surface area contributed by atoms with E-state index in [1.807, 2.05) is 41.9 Å². The molecule has 0 saturated heterocycles. The second kappa shape index (κ2) is 8.53. The highest BCUT2D eigenvalue weighted by Crippen LogP contribution is 2.30. The van der Waals surface area contributed by atoms with E-state index in [2.05, 4.69) is 10.4 Å². The maximum Gasteiger partial charge on any atom is 0.265 e. The Morgan fingerprint density at radius 1 is 1.13 bits per heavy atom. The lowest BCUT2D eigenvalue weighted by Crippen LogP contribution is -2.21. The number of nitrogens with zero attached hydrogens (tertiary/aromatic N) is 3. The average molecular weight is 453 g/mol. The topological polar surface area (TPSA) is 67.2 Å². The summed E-state index contributed by atoms with van der Waals surface area (Å²) >= 11 is 7.69. The minimum Gasteiger partial charge on any atom is -0.345 e. The molecule has 0 fully saturated rings. The number of aryl methyl sites for hydroxylation is 1. The summed E-state index contributed by atoms with van der Waals surface area (Å²) in [6, 6.07) is 16.4. The molecule has 1 N–H and O–H groups in total. The fourth-order valence-electron chi connectivity index (χ4n) is 3.27. The zero-order valence-electron chi connectivity index (χ0n) is 17.3. The molecule has 31 heavy (non-hydrogen) atoms. The Bertz CT molecular complexity index is 1270. The number of carbonyl (C=O) groups excluding carboxylic acids is 2. The van der Waals surface area contributed by atoms with E-state index in [-0.39, 0.29) is 11.8 Å². The first-order valence-corrected chi connectivity index (χ1v) is 10.9. The molecule has 158 valence electrons. The minimum atomic E-state index is -0.198. The number of carbonyl (C=O) groups is 2. The molecule has 2 heterocycles. The third-order valence-corrected chi connectivity index (χ3v) is 6.42. The number of hydrogen-bond donors (Lipinski definition) is 1. The second-order valence-electron chi connectivity index (χ2n) is 7.40. The number of thiophene rings is 1. The third kappa shape index (κ3) is 4.33. The molecule has 0 aliphatic rings. The summed E-state index contributed by atoms with van der Waals surface area (Å²) in [4.78, 5) is 27.9. The number of halogens is 1. The first-order valence-electron chi connectivity index (χ1n) is 9.67. The van der Waals surface area contributed by atoms with Crippen LogP contribution in [-0.4, -0.2) is 40.6 Å². The van der Waals surface area contributed by atoms with Crippen LogP contribution in [0.15, 0.2) is 54.6 Å². The lowest BCUT2D eigenvalue weighted by molar-refractivity contribution is 0.0827. The van der Waals surface area contributed by atoms with Gasteiger partial charge >= 0.3 is 0 Å². The molecule has 2 aromatic heterocycles. The molecule has 0 aliphatic carbocycles. The van der Waals surface area contributed by atoms with E-state index in [4.69, 9.17) is 11.6 Å². The normalized spacial score (nSPS) is 11.0. The van der Waals surface area contributed by atoms with E-state index in [0.717, 1.165) is 21.5 Å².